The number of amides is 1. The molecule has 2 heterocycles. The van der Waals surface area contributed by atoms with Crippen LogP contribution in [0.3, 0.4) is 0 Å². The number of fused-ring (bicyclic) bond motifs is 1. The monoisotopic (exact) mass is 266 g/mol. The van der Waals surface area contributed by atoms with E-state index in [0.717, 1.165) is 18.9 Å². The van der Waals surface area contributed by atoms with E-state index in [-0.39, 0.29) is 5.91 Å². The van der Waals surface area contributed by atoms with Crippen LogP contribution in [0.15, 0.2) is 0 Å². The van der Waals surface area contributed by atoms with Gasteiger partial charge < -0.3 is 15.4 Å². The van der Waals surface area contributed by atoms with Crippen molar-refractivity contribution in [2.45, 2.75) is 62.9 Å². The van der Waals surface area contributed by atoms with Crippen LogP contribution in [0.1, 0.15) is 51.4 Å². The molecule has 3 aliphatic rings. The standard InChI is InChI=1S/C15H26N2O2/c16-15(7-10-19-11-8-15)14(18)17-9-3-5-12-4-1-2-6-13(12)17/h12-13H,1-11,16H2. The first-order chi connectivity index (χ1) is 9.21. The van der Waals surface area contributed by atoms with E-state index < -0.39 is 5.54 Å². The van der Waals surface area contributed by atoms with E-state index in [1.165, 1.54) is 32.1 Å². The van der Waals surface area contributed by atoms with Gasteiger partial charge in [0.15, 0.2) is 0 Å². The van der Waals surface area contributed by atoms with E-state index in [9.17, 15) is 4.79 Å². The third-order valence-electron chi connectivity index (χ3n) is 5.32. The van der Waals surface area contributed by atoms with E-state index in [1.807, 2.05) is 0 Å². The lowest BCUT2D eigenvalue weighted by molar-refractivity contribution is -0.147. The van der Waals surface area contributed by atoms with E-state index in [0.29, 0.717) is 32.1 Å². The van der Waals surface area contributed by atoms with E-state index >= 15 is 0 Å². The summed E-state index contributed by atoms with van der Waals surface area (Å²) in [5.74, 6) is 0.933. The molecule has 4 heteroatoms. The predicted molar refractivity (Wildman–Crippen MR) is 73.7 cm³/mol. The topological polar surface area (TPSA) is 55.6 Å². The van der Waals surface area contributed by atoms with Crippen LogP contribution in [0.4, 0.5) is 0 Å². The molecule has 4 nitrogen and oxygen atoms in total. The second-order valence-electron chi connectivity index (χ2n) is 6.52. The van der Waals surface area contributed by atoms with Gasteiger partial charge in [-0.25, -0.2) is 0 Å². The average molecular weight is 266 g/mol. The number of carbonyl (C=O) groups is 1. The highest BCUT2D eigenvalue weighted by Gasteiger charge is 2.44. The maximum Gasteiger partial charge on any atom is 0.243 e. The Hall–Kier alpha value is -0.610. The molecule has 0 aromatic heterocycles. The van der Waals surface area contributed by atoms with Crippen LogP contribution in [0.25, 0.3) is 0 Å². The van der Waals surface area contributed by atoms with Crippen LogP contribution in [0.2, 0.25) is 0 Å². The number of nitrogens with zero attached hydrogens (tertiary/aromatic N) is 1. The Morgan fingerprint density at radius 1 is 1.11 bits per heavy atom. The summed E-state index contributed by atoms with van der Waals surface area (Å²) < 4.78 is 5.36. The minimum Gasteiger partial charge on any atom is -0.381 e. The smallest absolute Gasteiger partial charge is 0.243 e. The fraction of sp³-hybridized carbons (Fsp3) is 0.933. The van der Waals surface area contributed by atoms with Gasteiger partial charge in [0, 0.05) is 25.8 Å². The van der Waals surface area contributed by atoms with Gasteiger partial charge in [-0.15, -0.1) is 0 Å². The Morgan fingerprint density at radius 2 is 1.79 bits per heavy atom. The van der Waals surface area contributed by atoms with Gasteiger partial charge >= 0.3 is 0 Å². The Bertz CT molecular complexity index is 337. The summed E-state index contributed by atoms with van der Waals surface area (Å²) in [5, 5.41) is 0. The Morgan fingerprint density at radius 3 is 2.58 bits per heavy atom. The highest BCUT2D eigenvalue weighted by molar-refractivity contribution is 5.86. The summed E-state index contributed by atoms with van der Waals surface area (Å²) in [6.45, 7) is 2.17. The molecule has 2 N–H and O–H groups in total. The molecule has 2 saturated heterocycles. The van der Waals surface area contributed by atoms with Crippen LogP contribution in [0, 0.1) is 5.92 Å². The largest absolute Gasteiger partial charge is 0.381 e. The van der Waals surface area contributed by atoms with Gasteiger partial charge in [0.25, 0.3) is 0 Å². The predicted octanol–water partition coefficient (Wildman–Crippen LogP) is 1.68. The van der Waals surface area contributed by atoms with Crippen molar-refractivity contribution in [1.29, 1.82) is 0 Å². The molecule has 1 amide bonds. The molecular weight excluding hydrogens is 240 g/mol. The van der Waals surface area contributed by atoms with Crippen molar-refractivity contribution in [1.82, 2.24) is 4.90 Å². The molecule has 0 aromatic rings. The Balaban J connectivity index is 1.74. The lowest BCUT2D eigenvalue weighted by Crippen LogP contribution is -2.62. The van der Waals surface area contributed by atoms with Gasteiger partial charge in [0.1, 0.15) is 0 Å². The van der Waals surface area contributed by atoms with Gasteiger partial charge in [0.2, 0.25) is 5.91 Å². The molecule has 0 radical (unpaired) electrons. The molecule has 0 aromatic carbocycles. The van der Waals surface area contributed by atoms with E-state index in [1.54, 1.807) is 0 Å². The van der Waals surface area contributed by atoms with E-state index in [2.05, 4.69) is 4.90 Å². The third-order valence-corrected chi connectivity index (χ3v) is 5.32. The molecular formula is C15H26N2O2. The molecule has 108 valence electrons. The average Bonchev–Trinajstić information content (AvgIpc) is 2.47. The normalized spacial score (nSPS) is 34.7. The number of piperidine rings is 1. The van der Waals surface area contributed by atoms with Crippen LogP contribution in [-0.4, -0.2) is 42.1 Å². The number of ether oxygens (including phenoxy) is 1. The molecule has 3 fully saturated rings. The van der Waals surface area contributed by atoms with Crippen molar-refractivity contribution in [2.24, 2.45) is 11.7 Å². The summed E-state index contributed by atoms with van der Waals surface area (Å²) >= 11 is 0. The lowest BCUT2D eigenvalue weighted by atomic mass is 9.77. The minimum atomic E-state index is -0.655. The van der Waals surface area contributed by atoms with Gasteiger partial charge in [-0.2, -0.15) is 0 Å². The highest BCUT2D eigenvalue weighted by atomic mass is 16.5. The van der Waals surface area contributed by atoms with Crippen LogP contribution < -0.4 is 5.73 Å². The summed E-state index contributed by atoms with van der Waals surface area (Å²) in [6.07, 6.45) is 8.91. The van der Waals surface area contributed by atoms with E-state index in [4.69, 9.17) is 10.5 Å². The molecule has 2 atom stereocenters. The van der Waals surface area contributed by atoms with Crippen molar-refractivity contribution in [2.75, 3.05) is 19.8 Å². The second-order valence-corrected chi connectivity index (χ2v) is 6.52. The van der Waals surface area contributed by atoms with Gasteiger partial charge in [-0.1, -0.05) is 12.8 Å². The molecule has 2 unspecified atom stereocenters. The van der Waals surface area contributed by atoms with Crippen LogP contribution in [-0.2, 0) is 9.53 Å². The number of carbonyl (C=O) groups excluding carboxylic acids is 1. The minimum absolute atomic E-state index is 0.201. The number of hydrogen-bond donors (Lipinski definition) is 1. The molecule has 0 bridgehead atoms. The summed E-state index contributed by atoms with van der Waals surface area (Å²) in [6, 6.07) is 0.471. The zero-order chi connectivity index (χ0) is 13.3. The van der Waals surface area contributed by atoms with Gasteiger partial charge in [-0.3, -0.25) is 4.79 Å². The number of likely N-dealkylation sites (tertiary alicyclic amines) is 1. The fourth-order valence-electron chi connectivity index (χ4n) is 4.11. The van der Waals surface area contributed by atoms with Crippen molar-refractivity contribution in [3.8, 4) is 0 Å². The second kappa shape index (κ2) is 5.41. The quantitative estimate of drug-likeness (QED) is 0.785. The van der Waals surface area contributed by atoms with Gasteiger partial charge in [0.05, 0.1) is 5.54 Å². The zero-order valence-electron chi connectivity index (χ0n) is 11.8. The van der Waals surface area contributed by atoms with Crippen LogP contribution >= 0.6 is 0 Å². The summed E-state index contributed by atoms with van der Waals surface area (Å²) in [4.78, 5) is 15.0. The molecule has 3 rings (SSSR count). The number of hydrogen-bond acceptors (Lipinski definition) is 3. The van der Waals surface area contributed by atoms with Crippen molar-refractivity contribution < 1.29 is 9.53 Å². The molecule has 1 aliphatic carbocycles. The molecule has 0 spiro atoms. The fourth-order valence-corrected chi connectivity index (χ4v) is 4.11. The van der Waals surface area contributed by atoms with Gasteiger partial charge in [-0.05, 0) is 44.4 Å². The first-order valence-electron chi connectivity index (χ1n) is 7.88. The summed E-state index contributed by atoms with van der Waals surface area (Å²) in [5.41, 5.74) is 5.73. The highest BCUT2D eigenvalue weighted by Crippen LogP contribution is 2.36. The first-order valence-corrected chi connectivity index (χ1v) is 7.88. The molecule has 19 heavy (non-hydrogen) atoms. The zero-order valence-corrected chi connectivity index (χ0v) is 11.8. The summed E-state index contributed by atoms with van der Waals surface area (Å²) in [7, 11) is 0. The lowest BCUT2D eigenvalue weighted by Gasteiger charge is -2.47. The number of nitrogens with two attached hydrogens (primary N) is 1. The number of rotatable bonds is 1. The Labute approximate surface area is 115 Å². The first kappa shape index (κ1) is 13.4. The Kier molecular flexibility index (Phi) is 3.81. The van der Waals surface area contributed by atoms with Crippen LogP contribution in [0.5, 0.6) is 0 Å². The maximum atomic E-state index is 12.9. The molecule has 2 aliphatic heterocycles. The SMILES string of the molecule is NC1(C(=O)N2CCCC3CCCCC32)CCOCC1. The van der Waals surface area contributed by atoms with Crippen molar-refractivity contribution in [3.63, 3.8) is 0 Å². The molecule has 1 saturated carbocycles. The van der Waals surface area contributed by atoms with Crippen molar-refractivity contribution in [3.05, 3.63) is 0 Å². The third kappa shape index (κ3) is 2.52. The van der Waals surface area contributed by atoms with Crippen molar-refractivity contribution >= 4 is 5.91 Å². The maximum absolute atomic E-state index is 12.9.